The van der Waals surface area contributed by atoms with Gasteiger partial charge in [-0.25, -0.2) is 0 Å². The number of fused-ring (bicyclic) bond motifs is 5. The number of hydrogen-bond donors (Lipinski definition) is 0. The summed E-state index contributed by atoms with van der Waals surface area (Å²) in [6.07, 6.45) is 4.79. The largest absolute Gasteiger partial charge is 0.493 e. The first-order valence-corrected chi connectivity index (χ1v) is 13.7. The zero-order chi connectivity index (χ0) is 27.1. The molecule has 3 heterocycles. The van der Waals surface area contributed by atoms with E-state index in [1.165, 1.54) is 22.3 Å². The van der Waals surface area contributed by atoms with Crippen LogP contribution in [0, 0.1) is 0 Å². The lowest BCUT2D eigenvalue weighted by Gasteiger charge is -2.21. The van der Waals surface area contributed by atoms with Crippen molar-refractivity contribution < 1.29 is 28.3 Å². The Balaban J connectivity index is 1.58. The van der Waals surface area contributed by atoms with E-state index in [0.29, 0.717) is 23.8 Å². The summed E-state index contributed by atoms with van der Waals surface area (Å²) in [5, 5.41) is 1.92. The molecule has 0 radical (unpaired) electrons. The van der Waals surface area contributed by atoms with Gasteiger partial charge in [0.25, 0.3) is 0 Å². The van der Waals surface area contributed by atoms with Crippen molar-refractivity contribution >= 4 is 16.7 Å². The van der Waals surface area contributed by atoms with Crippen molar-refractivity contribution in [3.05, 3.63) is 77.0 Å². The van der Waals surface area contributed by atoms with Crippen molar-refractivity contribution in [3.8, 4) is 34.3 Å². The molecular weight excluding hydrogens is 490 g/mol. The number of ether oxygens (including phenoxy) is 4. The molecule has 0 bridgehead atoms. The van der Waals surface area contributed by atoms with Gasteiger partial charge in [-0.05, 0) is 53.3 Å². The maximum atomic E-state index is 12.6. The molecule has 0 fully saturated rings. The second-order valence-electron chi connectivity index (χ2n) is 10.6. The van der Waals surface area contributed by atoms with Gasteiger partial charge in [0.2, 0.25) is 12.5 Å². The second-order valence-corrected chi connectivity index (χ2v) is 10.6. The summed E-state index contributed by atoms with van der Waals surface area (Å²) in [5.74, 6) is 2.84. The third-order valence-corrected chi connectivity index (χ3v) is 7.74. The molecule has 0 aliphatic carbocycles. The minimum Gasteiger partial charge on any atom is -0.493 e. The molecule has 0 atom stereocenters. The van der Waals surface area contributed by atoms with E-state index in [2.05, 4.69) is 67.1 Å². The fraction of sp³-hybridized carbons (Fsp3) is 0.333. The van der Waals surface area contributed by atoms with Gasteiger partial charge in [0, 0.05) is 30.2 Å². The van der Waals surface area contributed by atoms with Gasteiger partial charge >= 0.3 is 5.97 Å². The number of carbonyl (C=O) groups is 1. The summed E-state index contributed by atoms with van der Waals surface area (Å²) in [5.41, 5.74) is 7.29. The molecule has 0 amide bonds. The van der Waals surface area contributed by atoms with Crippen molar-refractivity contribution in [1.82, 2.24) is 0 Å². The quantitative estimate of drug-likeness (QED) is 0.157. The van der Waals surface area contributed by atoms with Crippen LogP contribution in [-0.2, 0) is 24.2 Å². The molecule has 6 rings (SSSR count). The highest BCUT2D eigenvalue weighted by Gasteiger charge is 2.32. The monoisotopic (exact) mass is 524 g/mol. The number of benzene rings is 3. The maximum Gasteiger partial charge on any atom is 0.311 e. The number of aryl methyl sites for hydroxylation is 2. The van der Waals surface area contributed by atoms with Crippen molar-refractivity contribution in [3.63, 3.8) is 0 Å². The van der Waals surface area contributed by atoms with Gasteiger partial charge in [0.15, 0.2) is 35.7 Å². The van der Waals surface area contributed by atoms with Gasteiger partial charge in [-0.1, -0.05) is 45.0 Å². The molecule has 0 saturated carbocycles. The molecule has 39 heavy (non-hydrogen) atoms. The Bertz CT molecular complexity index is 1570. The molecule has 2 aliphatic heterocycles. The molecule has 0 saturated heterocycles. The average molecular weight is 525 g/mol. The number of methoxy groups -OCH3 is 1. The summed E-state index contributed by atoms with van der Waals surface area (Å²) in [6, 6.07) is 17.1. The van der Waals surface area contributed by atoms with E-state index in [1.807, 2.05) is 13.0 Å². The number of esters is 1. The van der Waals surface area contributed by atoms with Gasteiger partial charge in [-0.2, -0.15) is 4.57 Å². The van der Waals surface area contributed by atoms with Gasteiger partial charge < -0.3 is 18.9 Å². The molecule has 4 aromatic rings. The summed E-state index contributed by atoms with van der Waals surface area (Å²) in [4.78, 5) is 12.6. The van der Waals surface area contributed by atoms with E-state index in [-0.39, 0.29) is 12.8 Å². The lowest BCUT2D eigenvalue weighted by atomic mass is 9.88. The Kier molecular flexibility index (Phi) is 6.63. The number of aromatic nitrogens is 1. The number of pyridine rings is 1. The van der Waals surface area contributed by atoms with Crippen LogP contribution in [0.15, 0.2) is 54.7 Å². The van der Waals surface area contributed by atoms with E-state index in [4.69, 9.17) is 18.9 Å². The van der Waals surface area contributed by atoms with Gasteiger partial charge in [0.1, 0.15) is 0 Å². The van der Waals surface area contributed by atoms with E-state index >= 15 is 0 Å². The van der Waals surface area contributed by atoms with E-state index in [9.17, 15) is 4.79 Å². The predicted molar refractivity (Wildman–Crippen MR) is 150 cm³/mol. The normalized spacial score (nSPS) is 13.4. The van der Waals surface area contributed by atoms with Crippen LogP contribution in [0.3, 0.4) is 0 Å². The first-order chi connectivity index (χ1) is 19.0. The molecule has 3 aromatic carbocycles. The van der Waals surface area contributed by atoms with Crippen molar-refractivity contribution in [2.24, 2.45) is 0 Å². The Labute approximate surface area is 229 Å². The minimum absolute atomic E-state index is 0.247. The van der Waals surface area contributed by atoms with Crippen LogP contribution in [0.5, 0.6) is 23.0 Å². The number of carbonyl (C=O) groups excluding carboxylic acids is 1. The summed E-state index contributed by atoms with van der Waals surface area (Å²) < 4.78 is 25.4. The molecule has 6 nitrogen and oxygen atoms in total. The first kappa shape index (κ1) is 25.2. The summed E-state index contributed by atoms with van der Waals surface area (Å²) in [6.45, 7) is 7.44. The van der Waals surface area contributed by atoms with Crippen molar-refractivity contribution in [2.45, 2.75) is 58.9 Å². The third kappa shape index (κ3) is 4.58. The highest BCUT2D eigenvalue weighted by molar-refractivity contribution is 5.96. The van der Waals surface area contributed by atoms with Gasteiger partial charge in [-0.15, -0.1) is 0 Å². The van der Waals surface area contributed by atoms with Crippen LogP contribution in [0.2, 0.25) is 0 Å². The molecule has 2 aliphatic rings. The van der Waals surface area contributed by atoms with Crippen LogP contribution < -0.4 is 23.5 Å². The Morgan fingerprint density at radius 1 is 1.03 bits per heavy atom. The fourth-order valence-electron chi connectivity index (χ4n) is 5.68. The van der Waals surface area contributed by atoms with Gasteiger partial charge in [-0.3, -0.25) is 4.79 Å². The molecule has 0 spiro atoms. The van der Waals surface area contributed by atoms with Crippen molar-refractivity contribution in [2.75, 3.05) is 13.9 Å². The Morgan fingerprint density at radius 2 is 1.79 bits per heavy atom. The van der Waals surface area contributed by atoms with E-state index < -0.39 is 0 Å². The first-order valence-electron chi connectivity index (χ1n) is 13.7. The number of nitrogens with zero attached hydrogens (tertiary/aromatic N) is 1. The standard InChI is InChI=1S/C33H34NO5/c1-5-6-31(35)39-33-27-18-34-14-13-23-16-29-30(38-19-37-29)17-25(23)32(34)26(24(27)11-12-28(33)36-4)15-21-7-9-22(10-8-21)20(2)3/h7-12,16-18,20H,5-6,13-15,19H2,1-4H3/q+1. The molecule has 1 aromatic heterocycles. The van der Waals surface area contributed by atoms with Crippen LogP contribution >= 0.6 is 0 Å². The minimum atomic E-state index is -0.255. The van der Waals surface area contributed by atoms with Crippen LogP contribution in [0.1, 0.15) is 61.8 Å². The lowest BCUT2D eigenvalue weighted by Crippen LogP contribution is -2.41. The Morgan fingerprint density at radius 3 is 2.51 bits per heavy atom. The van der Waals surface area contributed by atoms with Crippen LogP contribution in [-0.4, -0.2) is 19.9 Å². The topological polar surface area (TPSA) is 57.9 Å². The third-order valence-electron chi connectivity index (χ3n) is 7.74. The van der Waals surface area contributed by atoms with E-state index in [0.717, 1.165) is 59.3 Å². The summed E-state index contributed by atoms with van der Waals surface area (Å²) >= 11 is 0. The van der Waals surface area contributed by atoms with Crippen LogP contribution in [0.4, 0.5) is 0 Å². The highest BCUT2D eigenvalue weighted by Crippen LogP contribution is 2.44. The molecule has 200 valence electrons. The second kappa shape index (κ2) is 10.3. The Hall–Kier alpha value is -4.06. The predicted octanol–water partition coefficient (Wildman–Crippen LogP) is 6.51. The summed E-state index contributed by atoms with van der Waals surface area (Å²) in [7, 11) is 1.61. The van der Waals surface area contributed by atoms with E-state index in [1.54, 1.807) is 7.11 Å². The fourth-order valence-corrected chi connectivity index (χ4v) is 5.68. The van der Waals surface area contributed by atoms with Crippen LogP contribution in [0.25, 0.3) is 22.0 Å². The van der Waals surface area contributed by atoms with Gasteiger partial charge in [0.05, 0.1) is 18.1 Å². The average Bonchev–Trinajstić information content (AvgIpc) is 3.39. The zero-order valence-corrected chi connectivity index (χ0v) is 23.0. The smallest absolute Gasteiger partial charge is 0.311 e. The molecular formula is C33H34NO5+. The maximum absolute atomic E-state index is 12.6. The number of rotatable bonds is 7. The lowest BCUT2D eigenvalue weighted by molar-refractivity contribution is -0.686. The molecule has 6 heteroatoms. The molecule has 0 unspecified atom stereocenters. The number of hydrogen-bond acceptors (Lipinski definition) is 5. The highest BCUT2D eigenvalue weighted by atomic mass is 16.7. The SMILES string of the molecule is CCCC(=O)Oc1c(OC)ccc2c(Cc3ccc(C(C)C)cc3)c3[n+](cc12)CCc1cc2c(cc1-3)OCO2. The molecule has 0 N–H and O–H groups in total. The zero-order valence-electron chi connectivity index (χ0n) is 23.0. The van der Waals surface area contributed by atoms with Crippen molar-refractivity contribution in [1.29, 1.82) is 0 Å².